The molecule has 0 saturated heterocycles. The molecule has 0 atom stereocenters. The molecular formula is C19H21NO10. The van der Waals surface area contributed by atoms with Crippen LogP contribution in [0.25, 0.3) is 0 Å². The maximum atomic E-state index is 12.5. The van der Waals surface area contributed by atoms with Crippen LogP contribution < -0.4 is 10.1 Å². The van der Waals surface area contributed by atoms with Crippen molar-refractivity contribution < 1.29 is 48.0 Å². The lowest BCUT2D eigenvalue weighted by Crippen LogP contribution is -2.26. The van der Waals surface area contributed by atoms with Crippen molar-refractivity contribution in [1.29, 1.82) is 0 Å². The number of esters is 4. The van der Waals surface area contributed by atoms with Crippen LogP contribution in [0.3, 0.4) is 0 Å². The molecule has 2 N–H and O–H groups in total. The van der Waals surface area contributed by atoms with Crippen LogP contribution in [0.5, 0.6) is 5.75 Å². The van der Waals surface area contributed by atoms with Gasteiger partial charge in [-0.05, 0) is 24.3 Å². The first-order valence-corrected chi connectivity index (χ1v) is 8.17. The lowest BCUT2D eigenvalue weighted by molar-refractivity contribution is -0.142. The molecule has 11 heteroatoms. The summed E-state index contributed by atoms with van der Waals surface area (Å²) in [6, 6.07) is 6.10. The molecule has 0 spiro atoms. The number of hydrogen-bond donors (Lipinski definition) is 2. The van der Waals surface area contributed by atoms with E-state index in [0.29, 0.717) is 5.75 Å². The zero-order valence-corrected chi connectivity index (χ0v) is 16.9. The molecule has 0 radical (unpaired) electrons. The maximum Gasteiger partial charge on any atom is 0.374 e. The van der Waals surface area contributed by atoms with E-state index in [1.165, 1.54) is 19.2 Å². The third kappa shape index (κ3) is 5.50. The van der Waals surface area contributed by atoms with Gasteiger partial charge in [-0.25, -0.2) is 19.2 Å². The van der Waals surface area contributed by atoms with Gasteiger partial charge in [0.2, 0.25) is 5.76 Å². The van der Waals surface area contributed by atoms with E-state index in [1.807, 2.05) is 0 Å². The quantitative estimate of drug-likeness (QED) is 0.202. The Morgan fingerprint density at radius 2 is 1.17 bits per heavy atom. The molecule has 30 heavy (non-hydrogen) atoms. The molecule has 0 aliphatic heterocycles. The van der Waals surface area contributed by atoms with Gasteiger partial charge < -0.3 is 34.1 Å². The molecule has 0 aliphatic carbocycles. The van der Waals surface area contributed by atoms with E-state index >= 15 is 0 Å². The Kier molecular flexibility index (Phi) is 8.88. The Hall–Kier alpha value is -4.02. The van der Waals surface area contributed by atoms with Gasteiger partial charge in [0, 0.05) is 5.69 Å². The van der Waals surface area contributed by atoms with Crippen molar-refractivity contribution in [2.24, 2.45) is 0 Å². The molecule has 0 aromatic heterocycles. The molecule has 0 heterocycles. The number of nitrogens with one attached hydrogen (secondary N) is 1. The Labute approximate surface area is 171 Å². The summed E-state index contributed by atoms with van der Waals surface area (Å²) in [7, 11) is 5.33. The third-order valence-electron chi connectivity index (χ3n) is 3.64. The standard InChI is InChI=1S/C19H21NO10/c1-26-11-8-6-10(7-9-11)20-14(18(24)29-4)12(16(22)27-2)13(17(23)28-3)15(21)19(25)30-5/h6-9,20-21H,1-5H3/b14-12+,15-13+. The van der Waals surface area contributed by atoms with Gasteiger partial charge in [0.15, 0.2) is 0 Å². The maximum absolute atomic E-state index is 12.5. The smallest absolute Gasteiger partial charge is 0.374 e. The van der Waals surface area contributed by atoms with Gasteiger partial charge in [-0.1, -0.05) is 0 Å². The SMILES string of the molecule is COC(=O)/C(O)=C(C(=O)OC)/C(C(=O)OC)=C(\Nc1ccc(OC)cc1)C(=O)OC. The van der Waals surface area contributed by atoms with Crippen molar-refractivity contribution in [1.82, 2.24) is 0 Å². The van der Waals surface area contributed by atoms with Crippen LogP contribution in [0.1, 0.15) is 0 Å². The van der Waals surface area contributed by atoms with E-state index in [4.69, 9.17) is 4.74 Å². The number of anilines is 1. The summed E-state index contributed by atoms with van der Waals surface area (Å²) in [5.74, 6) is -5.78. The summed E-state index contributed by atoms with van der Waals surface area (Å²) in [5.41, 5.74) is -2.10. The predicted molar refractivity (Wildman–Crippen MR) is 101 cm³/mol. The van der Waals surface area contributed by atoms with Crippen molar-refractivity contribution in [3.8, 4) is 5.75 Å². The highest BCUT2D eigenvalue weighted by Gasteiger charge is 2.35. The van der Waals surface area contributed by atoms with E-state index in [-0.39, 0.29) is 5.69 Å². The average Bonchev–Trinajstić information content (AvgIpc) is 2.79. The molecule has 1 aromatic carbocycles. The van der Waals surface area contributed by atoms with Crippen molar-refractivity contribution in [2.75, 3.05) is 40.9 Å². The number of aliphatic hydroxyl groups is 1. The minimum absolute atomic E-state index is 0.277. The molecule has 0 fully saturated rings. The topological polar surface area (TPSA) is 147 Å². The van der Waals surface area contributed by atoms with Gasteiger partial charge in [0.25, 0.3) is 0 Å². The van der Waals surface area contributed by atoms with E-state index in [9.17, 15) is 24.3 Å². The number of aliphatic hydroxyl groups excluding tert-OH is 1. The van der Waals surface area contributed by atoms with Crippen LogP contribution in [0, 0.1) is 0 Å². The van der Waals surface area contributed by atoms with Crippen molar-refractivity contribution >= 4 is 29.6 Å². The molecular weight excluding hydrogens is 402 g/mol. The predicted octanol–water partition coefficient (Wildman–Crippen LogP) is 0.865. The van der Waals surface area contributed by atoms with Crippen LogP contribution in [0.15, 0.2) is 46.9 Å². The van der Waals surface area contributed by atoms with Crippen LogP contribution in [-0.2, 0) is 38.1 Å². The molecule has 0 saturated carbocycles. The van der Waals surface area contributed by atoms with Gasteiger partial charge in [-0.3, -0.25) is 0 Å². The summed E-state index contributed by atoms with van der Waals surface area (Å²) in [5, 5.41) is 12.8. The molecule has 0 aliphatic rings. The summed E-state index contributed by atoms with van der Waals surface area (Å²) in [6.07, 6.45) is 0. The van der Waals surface area contributed by atoms with Crippen molar-refractivity contribution in [3.05, 3.63) is 46.9 Å². The van der Waals surface area contributed by atoms with E-state index in [0.717, 1.165) is 28.4 Å². The number of benzene rings is 1. The fourth-order valence-electron chi connectivity index (χ4n) is 2.19. The van der Waals surface area contributed by atoms with Crippen molar-refractivity contribution in [2.45, 2.75) is 0 Å². The number of hydrogen-bond acceptors (Lipinski definition) is 11. The molecule has 0 bridgehead atoms. The lowest BCUT2D eigenvalue weighted by atomic mass is 10.0. The summed E-state index contributed by atoms with van der Waals surface area (Å²) < 4.78 is 23.3. The summed E-state index contributed by atoms with van der Waals surface area (Å²) in [6.45, 7) is 0. The first-order chi connectivity index (χ1) is 14.2. The second-order valence-electron chi connectivity index (χ2n) is 5.29. The molecule has 1 aromatic rings. The van der Waals surface area contributed by atoms with Gasteiger partial charge in [-0.15, -0.1) is 0 Å². The Balaban J connectivity index is 3.86. The normalized spacial score (nSPS) is 11.9. The van der Waals surface area contributed by atoms with Crippen LogP contribution in [-0.4, -0.2) is 64.5 Å². The Morgan fingerprint density at radius 3 is 1.60 bits per heavy atom. The van der Waals surface area contributed by atoms with Crippen LogP contribution >= 0.6 is 0 Å². The monoisotopic (exact) mass is 423 g/mol. The number of ether oxygens (including phenoxy) is 5. The highest BCUT2D eigenvalue weighted by Crippen LogP contribution is 2.25. The average molecular weight is 423 g/mol. The zero-order chi connectivity index (χ0) is 22.8. The summed E-state index contributed by atoms with van der Waals surface area (Å²) in [4.78, 5) is 49.0. The van der Waals surface area contributed by atoms with Crippen LogP contribution in [0.4, 0.5) is 5.69 Å². The largest absolute Gasteiger partial charge is 0.501 e. The first-order valence-electron chi connectivity index (χ1n) is 8.17. The fourth-order valence-corrected chi connectivity index (χ4v) is 2.19. The third-order valence-corrected chi connectivity index (χ3v) is 3.64. The minimum Gasteiger partial charge on any atom is -0.501 e. The molecule has 162 valence electrons. The lowest BCUT2D eigenvalue weighted by Gasteiger charge is -2.16. The highest BCUT2D eigenvalue weighted by molar-refractivity contribution is 6.15. The molecule has 1 rings (SSSR count). The zero-order valence-electron chi connectivity index (χ0n) is 16.9. The van der Waals surface area contributed by atoms with E-state index in [2.05, 4.69) is 24.3 Å². The number of carbonyl (C=O) groups excluding carboxylic acids is 4. The number of carbonyl (C=O) groups is 4. The van der Waals surface area contributed by atoms with Gasteiger partial charge in [0.1, 0.15) is 22.6 Å². The Morgan fingerprint density at radius 1 is 0.700 bits per heavy atom. The molecule has 11 nitrogen and oxygen atoms in total. The van der Waals surface area contributed by atoms with Crippen molar-refractivity contribution in [3.63, 3.8) is 0 Å². The minimum atomic E-state index is -1.36. The summed E-state index contributed by atoms with van der Waals surface area (Å²) >= 11 is 0. The first kappa shape index (κ1) is 24.0. The van der Waals surface area contributed by atoms with E-state index < -0.39 is 46.5 Å². The molecule has 0 unspecified atom stereocenters. The second-order valence-corrected chi connectivity index (χ2v) is 5.29. The fraction of sp³-hybridized carbons (Fsp3) is 0.263. The number of rotatable bonds is 8. The number of methoxy groups -OCH3 is 5. The second kappa shape index (κ2) is 11.1. The molecule has 0 amide bonds. The van der Waals surface area contributed by atoms with Gasteiger partial charge in [-0.2, -0.15) is 0 Å². The van der Waals surface area contributed by atoms with Gasteiger partial charge in [0.05, 0.1) is 35.5 Å². The Bertz CT molecular complexity index is 883. The highest BCUT2D eigenvalue weighted by atomic mass is 16.5. The van der Waals surface area contributed by atoms with E-state index in [1.54, 1.807) is 12.1 Å². The van der Waals surface area contributed by atoms with Gasteiger partial charge >= 0.3 is 23.9 Å². The van der Waals surface area contributed by atoms with Crippen LogP contribution in [0.2, 0.25) is 0 Å².